The van der Waals surface area contributed by atoms with Crippen LogP contribution in [0.15, 0.2) is 60.9 Å². The van der Waals surface area contributed by atoms with Crippen molar-refractivity contribution in [3.63, 3.8) is 0 Å². The standard InChI is InChI=1S/C19H16BrN/c20-9-3-10-21-11-8-14-6-7-17-16-5-2-1-4-15(16)12-18(17)19(14)13-21/h1-2,4-8,11-13H,3,9-10H2. The summed E-state index contributed by atoms with van der Waals surface area (Å²) < 4.78 is 2.29. The molecule has 0 atom stereocenters. The quantitative estimate of drug-likeness (QED) is 0.420. The Morgan fingerprint density at radius 2 is 1.71 bits per heavy atom. The maximum absolute atomic E-state index is 3.51. The van der Waals surface area contributed by atoms with Crippen LogP contribution in [0.1, 0.15) is 6.42 Å². The molecule has 104 valence electrons. The van der Waals surface area contributed by atoms with Gasteiger partial charge in [-0.2, -0.15) is 0 Å². The summed E-state index contributed by atoms with van der Waals surface area (Å²) in [6, 6.07) is 17.7. The second kappa shape index (κ2) is 5.19. The molecule has 0 amide bonds. The minimum atomic E-state index is 1.04. The van der Waals surface area contributed by atoms with E-state index in [1.807, 2.05) is 0 Å². The Morgan fingerprint density at radius 1 is 0.810 bits per heavy atom. The molecule has 0 radical (unpaired) electrons. The van der Waals surface area contributed by atoms with Crippen LogP contribution < -0.4 is 0 Å². The first-order valence-electron chi connectivity index (χ1n) is 7.33. The summed E-state index contributed by atoms with van der Waals surface area (Å²) in [4.78, 5) is 0. The van der Waals surface area contributed by atoms with Crippen molar-refractivity contribution in [2.75, 3.05) is 5.33 Å². The fourth-order valence-electron chi connectivity index (χ4n) is 3.12. The number of alkyl halides is 1. The Kier molecular flexibility index (Phi) is 3.19. The zero-order chi connectivity index (χ0) is 14.2. The van der Waals surface area contributed by atoms with Gasteiger partial charge < -0.3 is 4.57 Å². The Bertz CT molecular complexity index is 936. The molecule has 0 fully saturated rings. The molecule has 1 aromatic heterocycles. The SMILES string of the molecule is BrCCCn1ccc2ccc3c4ccccc4cc3c2c1. The molecular formula is C19H16BrN. The molecule has 3 aromatic carbocycles. The number of aryl methyl sites for hydroxylation is 1. The molecule has 0 unspecified atom stereocenters. The molecule has 0 saturated heterocycles. The summed E-state index contributed by atoms with van der Waals surface area (Å²) in [5.74, 6) is 0. The lowest BCUT2D eigenvalue weighted by Crippen LogP contribution is -1.98. The maximum Gasteiger partial charge on any atom is 0.0227 e. The number of halogens is 1. The van der Waals surface area contributed by atoms with Crippen LogP contribution in [-0.2, 0) is 6.54 Å². The van der Waals surface area contributed by atoms with Gasteiger partial charge in [0.25, 0.3) is 0 Å². The van der Waals surface area contributed by atoms with E-state index in [1.54, 1.807) is 0 Å². The van der Waals surface area contributed by atoms with E-state index in [0.29, 0.717) is 0 Å². The molecule has 0 aliphatic heterocycles. The first-order chi connectivity index (χ1) is 10.4. The zero-order valence-corrected chi connectivity index (χ0v) is 13.3. The number of rotatable bonds is 3. The van der Waals surface area contributed by atoms with Crippen molar-refractivity contribution in [3.05, 3.63) is 60.9 Å². The largest absolute Gasteiger partial charge is 0.354 e. The van der Waals surface area contributed by atoms with Crippen molar-refractivity contribution in [1.82, 2.24) is 4.57 Å². The first-order valence-corrected chi connectivity index (χ1v) is 8.45. The first kappa shape index (κ1) is 12.9. The molecule has 21 heavy (non-hydrogen) atoms. The van der Waals surface area contributed by atoms with E-state index in [4.69, 9.17) is 0 Å². The summed E-state index contributed by atoms with van der Waals surface area (Å²) in [5.41, 5.74) is 0. The van der Waals surface area contributed by atoms with E-state index >= 15 is 0 Å². The van der Waals surface area contributed by atoms with Crippen LogP contribution >= 0.6 is 15.9 Å². The molecule has 0 N–H and O–H groups in total. The van der Waals surface area contributed by atoms with Crippen LogP contribution in [0.2, 0.25) is 0 Å². The average Bonchev–Trinajstić information content (AvgIpc) is 2.92. The van der Waals surface area contributed by atoms with Crippen LogP contribution in [0.3, 0.4) is 0 Å². The van der Waals surface area contributed by atoms with Crippen LogP contribution in [0, 0.1) is 0 Å². The normalized spacial score (nSPS) is 11.7. The predicted molar refractivity (Wildman–Crippen MR) is 95.4 cm³/mol. The molecule has 1 heterocycles. The maximum atomic E-state index is 3.51. The molecule has 2 heteroatoms. The third kappa shape index (κ3) is 2.14. The highest BCUT2D eigenvalue weighted by Gasteiger charge is 2.07. The summed E-state index contributed by atoms with van der Waals surface area (Å²) in [6.07, 6.45) is 5.62. The van der Waals surface area contributed by atoms with Gasteiger partial charge in [-0.05, 0) is 45.5 Å². The number of hydrogen-bond donors (Lipinski definition) is 0. The minimum Gasteiger partial charge on any atom is -0.354 e. The second-order valence-electron chi connectivity index (χ2n) is 5.49. The van der Waals surface area contributed by atoms with Gasteiger partial charge in [-0.25, -0.2) is 0 Å². The van der Waals surface area contributed by atoms with E-state index in [0.717, 1.165) is 18.3 Å². The van der Waals surface area contributed by atoms with Crippen molar-refractivity contribution in [1.29, 1.82) is 0 Å². The van der Waals surface area contributed by atoms with Crippen LogP contribution in [-0.4, -0.2) is 9.90 Å². The number of benzene rings is 2. The number of pyridine rings is 1. The van der Waals surface area contributed by atoms with Crippen molar-refractivity contribution in [3.8, 4) is 0 Å². The molecule has 0 aliphatic rings. The molecular weight excluding hydrogens is 322 g/mol. The van der Waals surface area contributed by atoms with Gasteiger partial charge in [0.05, 0.1) is 0 Å². The average molecular weight is 338 g/mol. The molecule has 0 aliphatic carbocycles. The monoisotopic (exact) mass is 337 g/mol. The lowest BCUT2D eigenvalue weighted by molar-refractivity contribution is 0.685. The summed E-state index contributed by atoms with van der Waals surface area (Å²) in [6.45, 7) is 1.05. The van der Waals surface area contributed by atoms with Crippen molar-refractivity contribution in [2.24, 2.45) is 0 Å². The van der Waals surface area contributed by atoms with Gasteiger partial charge >= 0.3 is 0 Å². The molecule has 0 saturated carbocycles. The topological polar surface area (TPSA) is 4.93 Å². The lowest BCUT2D eigenvalue weighted by Gasteiger charge is -2.08. The third-order valence-corrected chi connectivity index (χ3v) is 4.72. The van der Waals surface area contributed by atoms with Crippen molar-refractivity contribution in [2.45, 2.75) is 13.0 Å². The zero-order valence-electron chi connectivity index (χ0n) is 11.7. The second-order valence-corrected chi connectivity index (χ2v) is 6.28. The van der Waals surface area contributed by atoms with E-state index in [-0.39, 0.29) is 0 Å². The molecule has 0 bridgehead atoms. The van der Waals surface area contributed by atoms with Crippen LogP contribution in [0.5, 0.6) is 0 Å². The van der Waals surface area contributed by atoms with Gasteiger partial charge in [0.15, 0.2) is 0 Å². The lowest BCUT2D eigenvalue weighted by atomic mass is 10.1. The molecule has 4 rings (SSSR count). The Hall–Kier alpha value is -1.80. The van der Waals surface area contributed by atoms with E-state index < -0.39 is 0 Å². The van der Waals surface area contributed by atoms with E-state index in [1.165, 1.54) is 32.3 Å². The van der Waals surface area contributed by atoms with E-state index in [2.05, 4.69) is 81.4 Å². The fourth-order valence-corrected chi connectivity index (χ4v) is 3.37. The van der Waals surface area contributed by atoms with Gasteiger partial charge in [-0.1, -0.05) is 52.3 Å². The highest BCUT2D eigenvalue weighted by Crippen LogP contribution is 2.33. The third-order valence-electron chi connectivity index (χ3n) is 4.16. The molecule has 0 spiro atoms. The van der Waals surface area contributed by atoms with E-state index in [9.17, 15) is 0 Å². The molecule has 1 nitrogen and oxygen atoms in total. The van der Waals surface area contributed by atoms with Crippen molar-refractivity contribution < 1.29 is 0 Å². The van der Waals surface area contributed by atoms with Gasteiger partial charge in [0, 0.05) is 29.7 Å². The highest BCUT2D eigenvalue weighted by atomic mass is 79.9. The van der Waals surface area contributed by atoms with Gasteiger partial charge in [-0.15, -0.1) is 0 Å². The van der Waals surface area contributed by atoms with Crippen LogP contribution in [0.25, 0.3) is 32.3 Å². The van der Waals surface area contributed by atoms with Crippen LogP contribution in [0.4, 0.5) is 0 Å². The van der Waals surface area contributed by atoms with Crippen molar-refractivity contribution >= 4 is 48.2 Å². The highest BCUT2D eigenvalue weighted by molar-refractivity contribution is 9.09. The summed E-state index contributed by atoms with van der Waals surface area (Å²) in [7, 11) is 0. The van der Waals surface area contributed by atoms with Gasteiger partial charge in [0.2, 0.25) is 0 Å². The Morgan fingerprint density at radius 3 is 2.62 bits per heavy atom. The van der Waals surface area contributed by atoms with Gasteiger partial charge in [-0.3, -0.25) is 0 Å². The number of fused-ring (bicyclic) bond motifs is 5. The Labute approximate surface area is 132 Å². The number of nitrogens with zero attached hydrogens (tertiary/aromatic N) is 1. The fraction of sp³-hybridized carbons (Fsp3) is 0.158. The smallest absolute Gasteiger partial charge is 0.0227 e. The Balaban J connectivity index is 2.01. The summed E-state index contributed by atoms with van der Waals surface area (Å²) >= 11 is 3.51. The number of aromatic nitrogens is 1. The molecule has 4 aromatic rings. The predicted octanol–water partition coefficient (Wildman–Crippen LogP) is 5.73. The summed E-state index contributed by atoms with van der Waals surface area (Å²) in [5, 5.41) is 9.11. The minimum absolute atomic E-state index is 1.04. The van der Waals surface area contributed by atoms with Gasteiger partial charge in [0.1, 0.15) is 0 Å². The number of hydrogen-bond acceptors (Lipinski definition) is 0.